The molecule has 3 fully saturated rings. The summed E-state index contributed by atoms with van der Waals surface area (Å²) in [4.78, 5) is 17.1. The zero-order valence-electron chi connectivity index (χ0n) is 14.8. The van der Waals surface area contributed by atoms with E-state index in [1.807, 2.05) is 7.05 Å². The van der Waals surface area contributed by atoms with E-state index in [-0.39, 0.29) is 5.91 Å². The second-order valence-corrected chi connectivity index (χ2v) is 8.03. The first-order valence-corrected chi connectivity index (χ1v) is 9.51. The van der Waals surface area contributed by atoms with Crippen LogP contribution >= 0.6 is 0 Å². The van der Waals surface area contributed by atoms with Crippen molar-refractivity contribution < 1.29 is 4.79 Å². The predicted octanol–water partition coefficient (Wildman–Crippen LogP) is 3.32. The van der Waals surface area contributed by atoms with Gasteiger partial charge in [-0.15, -0.1) is 0 Å². The first kappa shape index (κ1) is 16.8. The van der Waals surface area contributed by atoms with Gasteiger partial charge in [-0.1, -0.05) is 32.1 Å². The summed E-state index contributed by atoms with van der Waals surface area (Å²) in [6.45, 7) is 2.77. The van der Waals surface area contributed by atoms with E-state index in [9.17, 15) is 10.1 Å². The SMILES string of the molecule is C[C@@H]1C[C@@H]2CCCC[C@@H]2N1CC(=O)N(C)C1(C#N)CCCCC1. The van der Waals surface area contributed by atoms with Gasteiger partial charge in [0.05, 0.1) is 12.6 Å². The Morgan fingerprint density at radius 1 is 1.22 bits per heavy atom. The minimum absolute atomic E-state index is 0.145. The quantitative estimate of drug-likeness (QED) is 0.802. The molecular formula is C19H31N3O. The molecule has 4 nitrogen and oxygen atoms in total. The highest BCUT2D eigenvalue weighted by molar-refractivity contribution is 5.79. The lowest BCUT2D eigenvalue weighted by Gasteiger charge is -2.41. The largest absolute Gasteiger partial charge is 0.326 e. The summed E-state index contributed by atoms with van der Waals surface area (Å²) in [6, 6.07) is 3.58. The molecule has 23 heavy (non-hydrogen) atoms. The van der Waals surface area contributed by atoms with E-state index < -0.39 is 5.54 Å². The van der Waals surface area contributed by atoms with Crippen LogP contribution in [0.2, 0.25) is 0 Å². The van der Waals surface area contributed by atoms with Crippen molar-refractivity contribution in [3.05, 3.63) is 0 Å². The van der Waals surface area contributed by atoms with Gasteiger partial charge < -0.3 is 4.90 Å². The highest BCUT2D eigenvalue weighted by Crippen LogP contribution is 2.40. The molecule has 0 aromatic heterocycles. The minimum Gasteiger partial charge on any atom is -0.326 e. The third-order valence-electron chi connectivity index (χ3n) is 6.73. The van der Waals surface area contributed by atoms with Crippen molar-refractivity contribution in [1.82, 2.24) is 9.80 Å². The maximum Gasteiger partial charge on any atom is 0.237 e. The molecule has 1 aliphatic heterocycles. The summed E-state index contributed by atoms with van der Waals surface area (Å²) in [5, 5.41) is 9.70. The Kier molecular flexibility index (Phi) is 4.96. The Hall–Kier alpha value is -1.08. The van der Waals surface area contributed by atoms with Crippen LogP contribution in [0, 0.1) is 17.2 Å². The van der Waals surface area contributed by atoms with Crippen molar-refractivity contribution >= 4 is 5.91 Å². The molecule has 0 aromatic rings. The summed E-state index contributed by atoms with van der Waals surface area (Å²) in [5.74, 6) is 0.933. The van der Waals surface area contributed by atoms with Gasteiger partial charge in [0.2, 0.25) is 5.91 Å². The zero-order valence-corrected chi connectivity index (χ0v) is 14.8. The van der Waals surface area contributed by atoms with Crippen LogP contribution in [0.25, 0.3) is 0 Å². The highest BCUT2D eigenvalue weighted by atomic mass is 16.2. The number of nitrogens with zero attached hydrogens (tertiary/aromatic N) is 3. The Bertz CT molecular complexity index is 477. The van der Waals surface area contributed by atoms with E-state index in [0.717, 1.165) is 31.6 Å². The fourth-order valence-electron chi connectivity index (χ4n) is 5.23. The van der Waals surface area contributed by atoms with Crippen molar-refractivity contribution in [2.24, 2.45) is 5.92 Å². The molecule has 0 aromatic carbocycles. The van der Waals surface area contributed by atoms with Crippen LogP contribution in [0.5, 0.6) is 0 Å². The monoisotopic (exact) mass is 317 g/mol. The average molecular weight is 317 g/mol. The van der Waals surface area contributed by atoms with Gasteiger partial charge >= 0.3 is 0 Å². The van der Waals surface area contributed by atoms with Crippen LogP contribution in [0.15, 0.2) is 0 Å². The van der Waals surface area contributed by atoms with Crippen molar-refractivity contribution in [2.75, 3.05) is 13.6 Å². The molecule has 2 aliphatic carbocycles. The first-order valence-electron chi connectivity index (χ1n) is 9.51. The van der Waals surface area contributed by atoms with E-state index in [2.05, 4.69) is 17.9 Å². The summed E-state index contributed by atoms with van der Waals surface area (Å²) in [7, 11) is 1.86. The smallest absolute Gasteiger partial charge is 0.237 e. The van der Waals surface area contributed by atoms with Gasteiger partial charge in [0.25, 0.3) is 0 Å². The Labute approximate surface area is 140 Å². The number of likely N-dealkylation sites (N-methyl/N-ethyl adjacent to an activating group) is 1. The lowest BCUT2D eigenvalue weighted by Crippen LogP contribution is -2.54. The van der Waals surface area contributed by atoms with Crippen LogP contribution in [0.3, 0.4) is 0 Å². The molecule has 3 atom stereocenters. The molecule has 0 radical (unpaired) electrons. The van der Waals surface area contributed by atoms with Gasteiger partial charge in [0, 0.05) is 19.1 Å². The molecule has 0 bridgehead atoms. The van der Waals surface area contributed by atoms with Crippen LogP contribution in [-0.4, -0.2) is 46.9 Å². The van der Waals surface area contributed by atoms with Gasteiger partial charge in [-0.3, -0.25) is 9.69 Å². The molecule has 3 rings (SSSR count). The number of carbonyl (C=O) groups excluding carboxylic acids is 1. The lowest BCUT2D eigenvalue weighted by molar-refractivity contribution is -0.137. The predicted molar refractivity (Wildman–Crippen MR) is 90.7 cm³/mol. The molecule has 0 unspecified atom stereocenters. The maximum absolute atomic E-state index is 12.9. The molecule has 128 valence electrons. The average Bonchev–Trinajstić information content (AvgIpc) is 2.90. The number of nitriles is 1. The van der Waals surface area contributed by atoms with Crippen molar-refractivity contribution in [3.8, 4) is 6.07 Å². The van der Waals surface area contributed by atoms with Gasteiger partial charge in [0.1, 0.15) is 5.54 Å². The Morgan fingerprint density at radius 2 is 1.91 bits per heavy atom. The lowest BCUT2D eigenvalue weighted by atomic mass is 9.81. The Balaban J connectivity index is 1.67. The summed E-state index contributed by atoms with van der Waals surface area (Å²) in [5.41, 5.74) is -0.551. The molecule has 1 heterocycles. The number of fused-ring (bicyclic) bond motifs is 1. The number of hydrogen-bond acceptors (Lipinski definition) is 3. The second kappa shape index (κ2) is 6.81. The molecule has 1 amide bonds. The van der Waals surface area contributed by atoms with Crippen LogP contribution in [-0.2, 0) is 4.79 Å². The summed E-state index contributed by atoms with van der Waals surface area (Å²) < 4.78 is 0. The fourth-order valence-corrected chi connectivity index (χ4v) is 5.23. The maximum atomic E-state index is 12.9. The highest BCUT2D eigenvalue weighted by Gasteiger charge is 2.43. The molecule has 1 saturated heterocycles. The van der Waals surface area contributed by atoms with E-state index in [4.69, 9.17) is 0 Å². The van der Waals surface area contributed by atoms with E-state index in [1.54, 1.807) is 4.90 Å². The molecule has 4 heteroatoms. The number of hydrogen-bond donors (Lipinski definition) is 0. The number of likely N-dealkylation sites (tertiary alicyclic amines) is 1. The molecule has 0 spiro atoms. The van der Waals surface area contributed by atoms with E-state index >= 15 is 0 Å². The molecule has 2 saturated carbocycles. The van der Waals surface area contributed by atoms with Crippen molar-refractivity contribution in [3.63, 3.8) is 0 Å². The van der Waals surface area contributed by atoms with Crippen LogP contribution in [0.4, 0.5) is 0 Å². The molecule has 0 N–H and O–H groups in total. The molecule has 3 aliphatic rings. The zero-order chi connectivity index (χ0) is 16.4. The first-order chi connectivity index (χ1) is 11.1. The number of amides is 1. The van der Waals surface area contributed by atoms with Crippen LogP contribution in [0.1, 0.15) is 71.1 Å². The Morgan fingerprint density at radius 3 is 2.61 bits per heavy atom. The van der Waals surface area contributed by atoms with Gasteiger partial charge in [0.15, 0.2) is 0 Å². The third kappa shape index (κ3) is 3.13. The topological polar surface area (TPSA) is 47.3 Å². The van der Waals surface area contributed by atoms with Crippen molar-refractivity contribution in [1.29, 1.82) is 5.26 Å². The number of rotatable bonds is 3. The third-order valence-corrected chi connectivity index (χ3v) is 6.73. The summed E-state index contributed by atoms with van der Waals surface area (Å²) >= 11 is 0. The normalized spacial score (nSPS) is 33.7. The van der Waals surface area contributed by atoms with Gasteiger partial charge in [-0.05, 0) is 44.9 Å². The second-order valence-electron chi connectivity index (χ2n) is 8.03. The van der Waals surface area contributed by atoms with E-state index in [0.29, 0.717) is 18.6 Å². The standard InChI is InChI=1S/C19H31N3O/c1-15-12-16-8-4-5-9-17(16)22(15)13-18(23)21(2)19(14-20)10-6-3-7-11-19/h15-17H,3-13H2,1-2H3/t15-,16+,17+/m1/s1. The molecular weight excluding hydrogens is 286 g/mol. The van der Waals surface area contributed by atoms with Crippen molar-refractivity contribution in [2.45, 2.75) is 88.8 Å². The van der Waals surface area contributed by atoms with Gasteiger partial charge in [-0.25, -0.2) is 0 Å². The minimum atomic E-state index is -0.551. The van der Waals surface area contributed by atoms with Crippen LogP contribution < -0.4 is 0 Å². The van der Waals surface area contributed by atoms with Gasteiger partial charge in [-0.2, -0.15) is 5.26 Å². The summed E-state index contributed by atoms with van der Waals surface area (Å²) in [6.07, 6.45) is 11.5. The number of carbonyl (C=O) groups is 1. The van der Waals surface area contributed by atoms with E-state index in [1.165, 1.54) is 38.5 Å². The fraction of sp³-hybridized carbons (Fsp3) is 0.895.